The maximum atomic E-state index is 12.1. The maximum absolute atomic E-state index is 12.1. The zero-order chi connectivity index (χ0) is 21.7. The Morgan fingerprint density at radius 2 is 2.10 bits per heavy atom. The lowest BCUT2D eigenvalue weighted by atomic mass is 9.92. The molecule has 2 aromatic carbocycles. The van der Waals surface area contributed by atoms with Crippen LogP contribution in [0.4, 0.5) is 5.69 Å². The molecule has 0 bridgehead atoms. The zero-order valence-electron chi connectivity index (χ0n) is 17.1. The predicted octanol–water partition coefficient (Wildman–Crippen LogP) is 4.61. The summed E-state index contributed by atoms with van der Waals surface area (Å²) >= 11 is 6.19. The van der Waals surface area contributed by atoms with Crippen LogP contribution in [0.5, 0.6) is 5.75 Å². The molecule has 7 heteroatoms. The monoisotopic (exact) mass is 431 g/mol. The van der Waals surface area contributed by atoms with Crippen molar-refractivity contribution in [3.05, 3.63) is 58.1 Å². The number of hydrogen-bond acceptors (Lipinski definition) is 5. The molecule has 160 valence electrons. The molecule has 0 radical (unpaired) electrons. The normalized spacial score (nSPS) is 16.4. The Kier molecular flexibility index (Phi) is 7.21. The van der Waals surface area contributed by atoms with Gasteiger partial charge >= 0.3 is 11.9 Å². The molecule has 1 aliphatic heterocycles. The number of aryl methyl sites for hydroxylation is 1. The highest BCUT2D eigenvalue weighted by molar-refractivity contribution is 6.30. The number of benzene rings is 2. The lowest BCUT2D eigenvalue weighted by Gasteiger charge is -2.19. The summed E-state index contributed by atoms with van der Waals surface area (Å²) in [6, 6.07) is 11.2. The number of ether oxygens (including phenoxy) is 2. The largest absolute Gasteiger partial charge is 0.491 e. The van der Waals surface area contributed by atoms with Crippen LogP contribution in [0.15, 0.2) is 36.4 Å². The quantitative estimate of drug-likeness (QED) is 0.622. The van der Waals surface area contributed by atoms with E-state index in [4.69, 9.17) is 26.2 Å². The number of methoxy groups -OCH3 is 1. The molecule has 0 spiro atoms. The average molecular weight is 432 g/mol. The number of carbonyl (C=O) groups excluding carboxylic acids is 1. The van der Waals surface area contributed by atoms with Gasteiger partial charge in [0, 0.05) is 17.5 Å². The Balaban J connectivity index is 1.84. The third-order valence-electron chi connectivity index (χ3n) is 5.31. The summed E-state index contributed by atoms with van der Waals surface area (Å²) in [5.41, 5.74) is 3.75. The Morgan fingerprint density at radius 1 is 1.30 bits per heavy atom. The van der Waals surface area contributed by atoms with Crippen molar-refractivity contribution in [2.75, 3.05) is 25.6 Å². The lowest BCUT2D eigenvalue weighted by molar-refractivity contribution is -0.147. The van der Waals surface area contributed by atoms with E-state index in [1.165, 1.54) is 18.2 Å². The topological polar surface area (TPSA) is 84.9 Å². The van der Waals surface area contributed by atoms with Crippen molar-refractivity contribution in [2.45, 2.75) is 38.0 Å². The van der Waals surface area contributed by atoms with Gasteiger partial charge in [0.1, 0.15) is 5.75 Å². The summed E-state index contributed by atoms with van der Waals surface area (Å²) in [7, 11) is 1.26. The van der Waals surface area contributed by atoms with E-state index in [1.54, 1.807) is 18.2 Å². The number of fused-ring (bicyclic) bond motifs is 1. The fourth-order valence-electron chi connectivity index (χ4n) is 3.82. The van der Waals surface area contributed by atoms with Crippen molar-refractivity contribution in [3.63, 3.8) is 0 Å². The number of rotatable bonds is 7. The molecule has 2 aromatic rings. The first-order chi connectivity index (χ1) is 14.4. The third-order valence-corrected chi connectivity index (χ3v) is 5.55. The second kappa shape index (κ2) is 9.85. The molecule has 1 heterocycles. The highest BCUT2D eigenvalue weighted by Crippen LogP contribution is 2.35. The van der Waals surface area contributed by atoms with Crippen LogP contribution in [0.3, 0.4) is 0 Å². The summed E-state index contributed by atoms with van der Waals surface area (Å²) in [5.74, 6) is -1.70. The van der Waals surface area contributed by atoms with E-state index in [1.807, 2.05) is 12.1 Å². The van der Waals surface area contributed by atoms with Crippen LogP contribution in [0, 0.1) is 0 Å². The van der Waals surface area contributed by atoms with Crippen LogP contribution in [-0.4, -0.2) is 37.3 Å². The first-order valence-corrected chi connectivity index (χ1v) is 10.4. The molecule has 0 fully saturated rings. The molecule has 0 amide bonds. The maximum Gasteiger partial charge on any atom is 0.313 e. The number of halogens is 1. The molecule has 1 aliphatic rings. The molecule has 0 aliphatic carbocycles. The van der Waals surface area contributed by atoms with Crippen LogP contribution < -0.4 is 10.1 Å². The minimum Gasteiger partial charge on any atom is -0.491 e. The molecule has 3 rings (SSSR count). The molecular weight excluding hydrogens is 406 g/mol. The molecule has 2 N–H and O–H groups in total. The van der Waals surface area contributed by atoms with Crippen LogP contribution in [0.1, 0.15) is 48.3 Å². The smallest absolute Gasteiger partial charge is 0.313 e. The standard InChI is InChI=1S/C23H26ClNO5/c1-3-4-14-9-17(24)6-7-18(14)16-12-25-20-10-15(5-8-21(20)30-13-16)19(11-22(26)27)23(28)29-2/h5-10,16,19,25H,3-4,11-13H2,1-2H3,(H,26,27). The van der Waals surface area contributed by atoms with E-state index >= 15 is 0 Å². The van der Waals surface area contributed by atoms with Gasteiger partial charge in [-0.1, -0.05) is 37.1 Å². The number of anilines is 1. The Morgan fingerprint density at radius 3 is 2.80 bits per heavy atom. The van der Waals surface area contributed by atoms with Crippen LogP contribution in [0.25, 0.3) is 0 Å². The van der Waals surface area contributed by atoms with Gasteiger partial charge in [-0.05, 0) is 47.4 Å². The number of carbonyl (C=O) groups is 2. The van der Waals surface area contributed by atoms with E-state index in [-0.39, 0.29) is 12.3 Å². The predicted molar refractivity (Wildman–Crippen MR) is 116 cm³/mol. The van der Waals surface area contributed by atoms with E-state index in [2.05, 4.69) is 18.3 Å². The second-order valence-corrected chi connectivity index (χ2v) is 7.85. The Bertz CT molecular complexity index is 930. The minimum atomic E-state index is -1.06. The summed E-state index contributed by atoms with van der Waals surface area (Å²) in [5, 5.41) is 13.3. The molecule has 0 aromatic heterocycles. The van der Waals surface area contributed by atoms with Crippen LogP contribution in [-0.2, 0) is 20.7 Å². The lowest BCUT2D eigenvalue weighted by Crippen LogP contribution is -2.18. The molecule has 30 heavy (non-hydrogen) atoms. The van der Waals surface area contributed by atoms with Gasteiger partial charge < -0.3 is 19.9 Å². The average Bonchev–Trinajstić information content (AvgIpc) is 2.94. The molecule has 6 nitrogen and oxygen atoms in total. The number of hydrogen-bond donors (Lipinski definition) is 2. The van der Waals surface area contributed by atoms with Gasteiger partial charge in [-0.2, -0.15) is 0 Å². The first-order valence-electron chi connectivity index (χ1n) is 10.0. The molecule has 2 unspecified atom stereocenters. The fraction of sp³-hybridized carbons (Fsp3) is 0.391. The summed E-state index contributed by atoms with van der Waals surface area (Å²) in [4.78, 5) is 23.3. The molecule has 0 saturated heterocycles. The van der Waals surface area contributed by atoms with Crippen molar-refractivity contribution >= 4 is 29.2 Å². The number of nitrogens with one attached hydrogen (secondary N) is 1. The van der Waals surface area contributed by atoms with Gasteiger partial charge in [0.2, 0.25) is 0 Å². The van der Waals surface area contributed by atoms with Crippen molar-refractivity contribution in [1.29, 1.82) is 0 Å². The highest BCUT2D eigenvalue weighted by Gasteiger charge is 2.27. The first kappa shape index (κ1) is 22.0. The fourth-order valence-corrected chi connectivity index (χ4v) is 4.02. The van der Waals surface area contributed by atoms with E-state index in [0.29, 0.717) is 24.5 Å². The number of esters is 1. The van der Waals surface area contributed by atoms with Crippen LogP contribution >= 0.6 is 11.6 Å². The number of aliphatic carboxylic acids is 1. The van der Waals surface area contributed by atoms with Gasteiger partial charge in [0.15, 0.2) is 0 Å². The van der Waals surface area contributed by atoms with Crippen molar-refractivity contribution in [2.24, 2.45) is 0 Å². The Labute approximate surface area is 181 Å². The van der Waals surface area contributed by atoms with Gasteiger partial charge in [-0.15, -0.1) is 0 Å². The zero-order valence-corrected chi connectivity index (χ0v) is 17.9. The van der Waals surface area contributed by atoms with Crippen LogP contribution in [0.2, 0.25) is 5.02 Å². The minimum absolute atomic E-state index is 0.134. The van der Waals surface area contributed by atoms with Gasteiger partial charge in [-0.25, -0.2) is 0 Å². The third kappa shape index (κ3) is 5.05. The second-order valence-electron chi connectivity index (χ2n) is 7.41. The van der Waals surface area contributed by atoms with Gasteiger partial charge in [0.25, 0.3) is 0 Å². The molecular formula is C23H26ClNO5. The SMILES string of the molecule is CCCc1cc(Cl)ccc1C1CNc2cc(C(CC(=O)O)C(=O)OC)ccc2OC1. The summed E-state index contributed by atoms with van der Waals surface area (Å²) < 4.78 is 10.8. The van der Waals surface area contributed by atoms with Gasteiger partial charge in [-0.3, -0.25) is 9.59 Å². The number of carboxylic acids is 1. The summed E-state index contributed by atoms with van der Waals surface area (Å²) in [6.07, 6.45) is 1.63. The van der Waals surface area contributed by atoms with Crippen molar-refractivity contribution in [3.8, 4) is 5.75 Å². The molecule has 0 saturated carbocycles. The Hall–Kier alpha value is -2.73. The van der Waals surface area contributed by atoms with Crippen molar-refractivity contribution < 1.29 is 24.2 Å². The number of carboxylic acid groups (broad SMARTS) is 1. The van der Waals surface area contributed by atoms with Crippen molar-refractivity contribution in [1.82, 2.24) is 0 Å². The van der Waals surface area contributed by atoms with Gasteiger partial charge in [0.05, 0.1) is 31.7 Å². The highest BCUT2D eigenvalue weighted by atomic mass is 35.5. The van der Waals surface area contributed by atoms with E-state index in [0.717, 1.165) is 23.6 Å². The summed E-state index contributed by atoms with van der Waals surface area (Å²) in [6.45, 7) is 3.29. The van der Waals surface area contributed by atoms with E-state index < -0.39 is 17.9 Å². The molecule has 2 atom stereocenters. The van der Waals surface area contributed by atoms with E-state index in [9.17, 15) is 9.59 Å².